The summed E-state index contributed by atoms with van der Waals surface area (Å²) in [4.78, 5) is 14.5. The average Bonchev–Trinajstić information content (AvgIpc) is 2.90. The first-order valence-corrected chi connectivity index (χ1v) is 7.64. The van der Waals surface area contributed by atoms with Gasteiger partial charge in [0.2, 0.25) is 0 Å². The van der Waals surface area contributed by atoms with Crippen molar-refractivity contribution < 1.29 is 9.53 Å². The number of likely N-dealkylation sites (tertiary alicyclic amines) is 1. The largest absolute Gasteiger partial charge is 0.492 e. The third-order valence-electron chi connectivity index (χ3n) is 4.26. The standard InChI is InChI=1S/C17H26N2O2/c1-5-21-15-7-6-12(10-14(15)18)16(20)19-9-8-13(11-19)17(2,3)4/h6-7,10,13H,5,8-9,11,18H2,1-4H3. The predicted octanol–water partition coefficient (Wildman–Crippen LogP) is 3.18. The van der Waals surface area contributed by atoms with Gasteiger partial charge in [-0.3, -0.25) is 4.79 Å². The Morgan fingerprint density at radius 2 is 2.14 bits per heavy atom. The number of benzene rings is 1. The lowest BCUT2D eigenvalue weighted by Crippen LogP contribution is -2.31. The molecule has 2 N–H and O–H groups in total. The first-order valence-electron chi connectivity index (χ1n) is 7.64. The molecule has 1 saturated heterocycles. The van der Waals surface area contributed by atoms with Crippen LogP contribution in [0.25, 0.3) is 0 Å². The molecular formula is C17H26N2O2. The number of nitrogens with zero attached hydrogens (tertiary/aromatic N) is 1. The molecule has 116 valence electrons. The van der Waals surface area contributed by atoms with Crippen molar-refractivity contribution in [2.45, 2.75) is 34.1 Å². The number of nitrogen functional groups attached to an aromatic ring is 1. The molecule has 1 heterocycles. The van der Waals surface area contributed by atoms with Crippen molar-refractivity contribution in [1.29, 1.82) is 0 Å². The predicted molar refractivity (Wildman–Crippen MR) is 85.5 cm³/mol. The topological polar surface area (TPSA) is 55.6 Å². The van der Waals surface area contributed by atoms with Crippen molar-refractivity contribution in [3.63, 3.8) is 0 Å². The highest BCUT2D eigenvalue weighted by atomic mass is 16.5. The van der Waals surface area contributed by atoms with E-state index in [1.807, 2.05) is 11.8 Å². The minimum absolute atomic E-state index is 0.0662. The van der Waals surface area contributed by atoms with Crippen molar-refractivity contribution >= 4 is 11.6 Å². The summed E-state index contributed by atoms with van der Waals surface area (Å²) >= 11 is 0. The van der Waals surface area contributed by atoms with E-state index in [1.165, 1.54) is 0 Å². The van der Waals surface area contributed by atoms with Gasteiger partial charge in [-0.2, -0.15) is 0 Å². The van der Waals surface area contributed by atoms with E-state index in [1.54, 1.807) is 18.2 Å². The highest BCUT2D eigenvalue weighted by Crippen LogP contribution is 2.34. The van der Waals surface area contributed by atoms with E-state index in [-0.39, 0.29) is 11.3 Å². The molecular weight excluding hydrogens is 264 g/mol. The van der Waals surface area contributed by atoms with Gasteiger partial charge in [0.1, 0.15) is 5.75 Å². The maximum absolute atomic E-state index is 12.6. The van der Waals surface area contributed by atoms with Crippen LogP contribution in [0.4, 0.5) is 5.69 Å². The molecule has 0 aliphatic carbocycles. The molecule has 4 heteroatoms. The van der Waals surface area contributed by atoms with Gasteiger partial charge in [0.05, 0.1) is 12.3 Å². The molecule has 1 fully saturated rings. The molecule has 0 aromatic heterocycles. The number of hydrogen-bond donors (Lipinski definition) is 1. The van der Waals surface area contributed by atoms with Crippen LogP contribution in [0.15, 0.2) is 18.2 Å². The highest BCUT2D eigenvalue weighted by molar-refractivity contribution is 5.95. The van der Waals surface area contributed by atoms with E-state index >= 15 is 0 Å². The molecule has 0 radical (unpaired) electrons. The Bertz CT molecular complexity index is 520. The number of carbonyl (C=O) groups is 1. The van der Waals surface area contributed by atoms with E-state index in [0.717, 1.165) is 19.5 Å². The van der Waals surface area contributed by atoms with Crippen LogP contribution < -0.4 is 10.5 Å². The van der Waals surface area contributed by atoms with Crippen molar-refractivity contribution in [2.24, 2.45) is 11.3 Å². The molecule has 1 unspecified atom stereocenters. The minimum Gasteiger partial charge on any atom is -0.492 e. The van der Waals surface area contributed by atoms with Crippen molar-refractivity contribution in [1.82, 2.24) is 4.90 Å². The summed E-state index contributed by atoms with van der Waals surface area (Å²) in [5.41, 5.74) is 7.35. The second kappa shape index (κ2) is 5.96. The minimum atomic E-state index is 0.0662. The summed E-state index contributed by atoms with van der Waals surface area (Å²) in [5, 5.41) is 0. The zero-order chi connectivity index (χ0) is 15.6. The summed E-state index contributed by atoms with van der Waals surface area (Å²) in [7, 11) is 0. The Labute approximate surface area is 127 Å². The summed E-state index contributed by atoms with van der Waals surface area (Å²) in [6.07, 6.45) is 1.07. The fourth-order valence-electron chi connectivity index (χ4n) is 2.80. The molecule has 4 nitrogen and oxygen atoms in total. The third-order valence-corrected chi connectivity index (χ3v) is 4.26. The maximum atomic E-state index is 12.6. The summed E-state index contributed by atoms with van der Waals surface area (Å²) in [5.74, 6) is 1.26. The van der Waals surface area contributed by atoms with Crippen LogP contribution >= 0.6 is 0 Å². The quantitative estimate of drug-likeness (QED) is 0.870. The number of amides is 1. The Morgan fingerprint density at radius 3 is 2.67 bits per heavy atom. The lowest BCUT2D eigenvalue weighted by atomic mass is 9.80. The maximum Gasteiger partial charge on any atom is 0.253 e. The first kappa shape index (κ1) is 15.7. The number of hydrogen-bond acceptors (Lipinski definition) is 3. The average molecular weight is 290 g/mol. The first-order chi connectivity index (χ1) is 9.82. The second-order valence-electron chi connectivity index (χ2n) is 6.79. The van der Waals surface area contributed by atoms with Crippen LogP contribution in [0, 0.1) is 11.3 Å². The lowest BCUT2D eigenvalue weighted by Gasteiger charge is -2.27. The fraction of sp³-hybridized carbons (Fsp3) is 0.588. The highest BCUT2D eigenvalue weighted by Gasteiger charge is 2.34. The normalized spacial score (nSPS) is 18.9. The second-order valence-corrected chi connectivity index (χ2v) is 6.79. The van der Waals surface area contributed by atoms with Gasteiger partial charge in [-0.25, -0.2) is 0 Å². The van der Waals surface area contributed by atoms with E-state index in [0.29, 0.717) is 29.5 Å². The molecule has 1 amide bonds. The number of ether oxygens (including phenoxy) is 1. The van der Waals surface area contributed by atoms with E-state index in [9.17, 15) is 4.79 Å². The zero-order valence-electron chi connectivity index (χ0n) is 13.5. The third kappa shape index (κ3) is 3.49. The number of carbonyl (C=O) groups excluding carboxylic acids is 1. The fourth-order valence-corrected chi connectivity index (χ4v) is 2.80. The lowest BCUT2D eigenvalue weighted by molar-refractivity contribution is 0.0776. The summed E-state index contributed by atoms with van der Waals surface area (Å²) in [6, 6.07) is 5.30. The monoisotopic (exact) mass is 290 g/mol. The number of nitrogens with two attached hydrogens (primary N) is 1. The smallest absolute Gasteiger partial charge is 0.253 e. The molecule has 0 spiro atoms. The van der Waals surface area contributed by atoms with Crippen LogP contribution in [0.5, 0.6) is 5.75 Å². The van der Waals surface area contributed by atoms with Crippen LogP contribution in [-0.4, -0.2) is 30.5 Å². The molecule has 1 aliphatic heterocycles. The zero-order valence-corrected chi connectivity index (χ0v) is 13.5. The van der Waals surface area contributed by atoms with Crippen molar-refractivity contribution in [2.75, 3.05) is 25.4 Å². The van der Waals surface area contributed by atoms with Gasteiger partial charge in [0, 0.05) is 18.7 Å². The Hall–Kier alpha value is -1.71. The summed E-state index contributed by atoms with van der Waals surface area (Å²) in [6.45, 7) is 10.8. The van der Waals surface area contributed by atoms with E-state index in [4.69, 9.17) is 10.5 Å². The molecule has 21 heavy (non-hydrogen) atoms. The SMILES string of the molecule is CCOc1ccc(C(=O)N2CCC(C(C)(C)C)C2)cc1N. The number of rotatable bonds is 3. The summed E-state index contributed by atoms with van der Waals surface area (Å²) < 4.78 is 5.41. The van der Waals surface area contributed by atoms with Crippen LogP contribution in [0.2, 0.25) is 0 Å². The van der Waals surface area contributed by atoms with Gasteiger partial charge >= 0.3 is 0 Å². The van der Waals surface area contributed by atoms with Crippen molar-refractivity contribution in [3.8, 4) is 5.75 Å². The van der Waals surface area contributed by atoms with Gasteiger partial charge in [-0.15, -0.1) is 0 Å². The van der Waals surface area contributed by atoms with Crippen LogP contribution in [0.1, 0.15) is 44.5 Å². The Morgan fingerprint density at radius 1 is 1.43 bits per heavy atom. The van der Waals surface area contributed by atoms with E-state index in [2.05, 4.69) is 20.8 Å². The molecule has 1 aliphatic rings. The van der Waals surface area contributed by atoms with E-state index < -0.39 is 0 Å². The number of anilines is 1. The van der Waals surface area contributed by atoms with Gasteiger partial charge in [-0.1, -0.05) is 20.8 Å². The molecule has 1 aromatic carbocycles. The molecule has 1 aromatic rings. The Kier molecular flexibility index (Phi) is 4.45. The van der Waals surface area contributed by atoms with Gasteiger partial charge in [-0.05, 0) is 42.9 Å². The molecule has 1 atom stereocenters. The Balaban J connectivity index is 2.09. The van der Waals surface area contributed by atoms with Gasteiger partial charge < -0.3 is 15.4 Å². The molecule has 0 bridgehead atoms. The van der Waals surface area contributed by atoms with Gasteiger partial charge in [0.15, 0.2) is 0 Å². The van der Waals surface area contributed by atoms with Crippen molar-refractivity contribution in [3.05, 3.63) is 23.8 Å². The van der Waals surface area contributed by atoms with Crippen LogP contribution in [0.3, 0.4) is 0 Å². The molecule has 0 saturated carbocycles. The molecule has 2 rings (SSSR count). The van der Waals surface area contributed by atoms with Gasteiger partial charge in [0.25, 0.3) is 5.91 Å². The van der Waals surface area contributed by atoms with Crippen LogP contribution in [-0.2, 0) is 0 Å².